The molecule has 0 radical (unpaired) electrons. The van der Waals surface area contributed by atoms with E-state index in [1.807, 2.05) is 17.5 Å². The molecule has 1 N–H and O–H groups in total. The highest BCUT2D eigenvalue weighted by Crippen LogP contribution is 2.32. The number of fused-ring (bicyclic) bond motifs is 1. The molecule has 18 heavy (non-hydrogen) atoms. The number of rotatable bonds is 3. The Labute approximate surface area is 110 Å². The number of aliphatic hydroxyl groups excluding tert-OH is 1. The molecule has 0 spiro atoms. The maximum Gasteiger partial charge on any atom is 0.131 e. The third-order valence-electron chi connectivity index (χ3n) is 3.27. The Morgan fingerprint density at radius 1 is 1.44 bits per heavy atom. The van der Waals surface area contributed by atoms with Crippen LogP contribution in [0.25, 0.3) is 0 Å². The SMILES string of the molecule is O[C@H]1CCCc2ccc(OCc3cscn3)cc21. The predicted octanol–water partition coefficient (Wildman–Crippen LogP) is 3.09. The van der Waals surface area contributed by atoms with E-state index in [-0.39, 0.29) is 6.10 Å². The van der Waals surface area contributed by atoms with Crippen LogP contribution in [0.2, 0.25) is 0 Å². The number of benzene rings is 1. The second-order valence-corrected chi connectivity index (χ2v) is 5.26. The molecule has 1 heterocycles. The van der Waals surface area contributed by atoms with Crippen molar-refractivity contribution in [1.82, 2.24) is 4.98 Å². The van der Waals surface area contributed by atoms with E-state index in [2.05, 4.69) is 11.1 Å². The molecule has 0 amide bonds. The van der Waals surface area contributed by atoms with Crippen LogP contribution in [0.4, 0.5) is 0 Å². The first-order chi connectivity index (χ1) is 8.83. The molecule has 0 saturated carbocycles. The number of thiazole rings is 1. The molecule has 3 nitrogen and oxygen atoms in total. The van der Waals surface area contributed by atoms with Gasteiger partial charge in [0.25, 0.3) is 0 Å². The van der Waals surface area contributed by atoms with E-state index in [9.17, 15) is 5.11 Å². The zero-order chi connectivity index (χ0) is 12.4. The normalized spacial score (nSPS) is 18.4. The molecule has 4 heteroatoms. The van der Waals surface area contributed by atoms with Gasteiger partial charge in [0.15, 0.2) is 0 Å². The first kappa shape index (κ1) is 11.7. The van der Waals surface area contributed by atoms with Crippen molar-refractivity contribution in [3.8, 4) is 5.75 Å². The summed E-state index contributed by atoms with van der Waals surface area (Å²) in [5, 5.41) is 12.0. The molecule has 0 unspecified atom stereocenters. The van der Waals surface area contributed by atoms with Crippen LogP contribution in [-0.2, 0) is 13.0 Å². The van der Waals surface area contributed by atoms with E-state index >= 15 is 0 Å². The standard InChI is InChI=1S/C14H15NO2S/c16-14-3-1-2-10-4-5-12(6-13(10)14)17-7-11-8-18-9-15-11/h4-6,8-9,14,16H,1-3,7H2/t14-/m0/s1. The molecule has 0 fully saturated rings. The number of nitrogens with zero attached hydrogens (tertiary/aromatic N) is 1. The highest BCUT2D eigenvalue weighted by molar-refractivity contribution is 7.07. The lowest BCUT2D eigenvalue weighted by molar-refractivity contribution is 0.156. The molecule has 1 aromatic heterocycles. The molecule has 0 aliphatic heterocycles. The minimum atomic E-state index is -0.337. The number of aromatic nitrogens is 1. The van der Waals surface area contributed by atoms with Crippen molar-refractivity contribution in [3.05, 3.63) is 45.9 Å². The highest BCUT2D eigenvalue weighted by atomic mass is 32.1. The molecular weight excluding hydrogens is 246 g/mol. The van der Waals surface area contributed by atoms with E-state index in [1.54, 1.807) is 16.8 Å². The maximum absolute atomic E-state index is 9.97. The third kappa shape index (κ3) is 2.40. The maximum atomic E-state index is 9.97. The van der Waals surface area contributed by atoms with Crippen molar-refractivity contribution in [2.75, 3.05) is 0 Å². The van der Waals surface area contributed by atoms with Gasteiger partial charge in [-0.05, 0) is 42.5 Å². The highest BCUT2D eigenvalue weighted by Gasteiger charge is 2.18. The average Bonchev–Trinajstić information content (AvgIpc) is 2.90. The minimum Gasteiger partial charge on any atom is -0.487 e. The summed E-state index contributed by atoms with van der Waals surface area (Å²) < 4.78 is 5.70. The van der Waals surface area contributed by atoms with Gasteiger partial charge < -0.3 is 9.84 Å². The number of aliphatic hydroxyl groups is 1. The van der Waals surface area contributed by atoms with Crippen LogP contribution in [0, 0.1) is 0 Å². The molecule has 1 aliphatic carbocycles. The number of ether oxygens (including phenoxy) is 1. The lowest BCUT2D eigenvalue weighted by atomic mass is 9.89. The summed E-state index contributed by atoms with van der Waals surface area (Å²) in [4.78, 5) is 4.18. The van der Waals surface area contributed by atoms with Gasteiger partial charge >= 0.3 is 0 Å². The smallest absolute Gasteiger partial charge is 0.131 e. The molecule has 1 aromatic carbocycles. The Bertz CT molecular complexity index is 525. The Morgan fingerprint density at radius 3 is 3.22 bits per heavy atom. The van der Waals surface area contributed by atoms with Gasteiger partial charge in [-0.2, -0.15) is 0 Å². The van der Waals surface area contributed by atoms with Gasteiger partial charge in [-0.3, -0.25) is 0 Å². The van der Waals surface area contributed by atoms with Gasteiger partial charge in [0, 0.05) is 5.38 Å². The third-order valence-corrected chi connectivity index (χ3v) is 3.91. The molecule has 1 aliphatic rings. The van der Waals surface area contributed by atoms with Gasteiger partial charge in [0.1, 0.15) is 12.4 Å². The fourth-order valence-corrected chi connectivity index (χ4v) is 2.85. The van der Waals surface area contributed by atoms with Crippen molar-refractivity contribution >= 4 is 11.3 Å². The van der Waals surface area contributed by atoms with Crippen molar-refractivity contribution < 1.29 is 9.84 Å². The fraction of sp³-hybridized carbons (Fsp3) is 0.357. The summed E-state index contributed by atoms with van der Waals surface area (Å²) in [6.07, 6.45) is 2.63. The van der Waals surface area contributed by atoms with Gasteiger partial charge in [-0.1, -0.05) is 6.07 Å². The Kier molecular flexibility index (Phi) is 3.30. The van der Waals surface area contributed by atoms with Crippen molar-refractivity contribution in [2.24, 2.45) is 0 Å². The summed E-state index contributed by atoms with van der Waals surface area (Å²) >= 11 is 1.57. The quantitative estimate of drug-likeness (QED) is 0.923. The summed E-state index contributed by atoms with van der Waals surface area (Å²) in [5.41, 5.74) is 5.01. The largest absolute Gasteiger partial charge is 0.487 e. The average molecular weight is 261 g/mol. The van der Waals surface area contributed by atoms with Crippen LogP contribution in [0.3, 0.4) is 0 Å². The summed E-state index contributed by atoms with van der Waals surface area (Å²) in [6, 6.07) is 6.00. The molecule has 1 atom stereocenters. The number of hydrogen-bond donors (Lipinski definition) is 1. The van der Waals surface area contributed by atoms with E-state index in [0.717, 1.165) is 36.3 Å². The van der Waals surface area contributed by atoms with Crippen LogP contribution in [-0.4, -0.2) is 10.1 Å². The van der Waals surface area contributed by atoms with Gasteiger partial charge in [0.05, 0.1) is 17.3 Å². The van der Waals surface area contributed by atoms with Gasteiger partial charge in [-0.15, -0.1) is 11.3 Å². The molecule has 3 rings (SSSR count). The molecule has 2 aromatic rings. The monoisotopic (exact) mass is 261 g/mol. The number of aryl methyl sites for hydroxylation is 1. The number of hydrogen-bond acceptors (Lipinski definition) is 4. The van der Waals surface area contributed by atoms with Crippen molar-refractivity contribution in [2.45, 2.75) is 32.0 Å². The summed E-state index contributed by atoms with van der Waals surface area (Å²) in [7, 11) is 0. The summed E-state index contributed by atoms with van der Waals surface area (Å²) in [5.74, 6) is 0.808. The van der Waals surface area contributed by atoms with E-state index in [4.69, 9.17) is 4.74 Å². The van der Waals surface area contributed by atoms with Crippen LogP contribution >= 0.6 is 11.3 Å². The van der Waals surface area contributed by atoms with Crippen LogP contribution < -0.4 is 4.74 Å². The van der Waals surface area contributed by atoms with Crippen LogP contribution in [0.1, 0.15) is 35.8 Å². The Balaban J connectivity index is 1.75. The van der Waals surface area contributed by atoms with Crippen molar-refractivity contribution in [1.29, 1.82) is 0 Å². The fourth-order valence-electron chi connectivity index (χ4n) is 2.31. The van der Waals surface area contributed by atoms with E-state index in [1.165, 1.54) is 5.56 Å². The van der Waals surface area contributed by atoms with E-state index < -0.39 is 0 Å². The predicted molar refractivity (Wildman–Crippen MR) is 70.8 cm³/mol. The lowest BCUT2D eigenvalue weighted by Crippen LogP contribution is -2.09. The molecule has 0 saturated heterocycles. The first-order valence-electron chi connectivity index (χ1n) is 6.13. The lowest BCUT2D eigenvalue weighted by Gasteiger charge is -2.21. The molecule has 0 bridgehead atoms. The Hall–Kier alpha value is -1.39. The Morgan fingerprint density at radius 2 is 2.39 bits per heavy atom. The van der Waals surface area contributed by atoms with Gasteiger partial charge in [0.2, 0.25) is 0 Å². The van der Waals surface area contributed by atoms with Gasteiger partial charge in [-0.25, -0.2) is 4.98 Å². The minimum absolute atomic E-state index is 0.337. The zero-order valence-electron chi connectivity index (χ0n) is 10.0. The van der Waals surface area contributed by atoms with Crippen LogP contribution in [0.15, 0.2) is 29.1 Å². The second-order valence-electron chi connectivity index (χ2n) is 4.54. The summed E-state index contributed by atoms with van der Waals surface area (Å²) in [6.45, 7) is 0.485. The van der Waals surface area contributed by atoms with E-state index in [0.29, 0.717) is 6.61 Å². The molecular formula is C14H15NO2S. The zero-order valence-corrected chi connectivity index (χ0v) is 10.8. The first-order valence-corrected chi connectivity index (χ1v) is 7.08. The van der Waals surface area contributed by atoms with Crippen LogP contribution in [0.5, 0.6) is 5.75 Å². The van der Waals surface area contributed by atoms with Crippen molar-refractivity contribution in [3.63, 3.8) is 0 Å². The second kappa shape index (κ2) is 5.08. The molecule has 94 valence electrons. The topological polar surface area (TPSA) is 42.4 Å².